The van der Waals surface area contributed by atoms with Crippen LogP contribution < -0.4 is 0 Å². The first-order valence-corrected chi connectivity index (χ1v) is 12.2. The molecule has 0 aliphatic heterocycles. The number of halogens is 1. The van der Waals surface area contributed by atoms with Crippen molar-refractivity contribution in [3.63, 3.8) is 0 Å². The molecule has 0 heterocycles. The van der Waals surface area contributed by atoms with Gasteiger partial charge in [0.25, 0.3) is 0 Å². The van der Waals surface area contributed by atoms with Crippen LogP contribution in [0.1, 0.15) is 78.6 Å². The van der Waals surface area contributed by atoms with E-state index in [4.69, 9.17) is 0 Å². The second-order valence-corrected chi connectivity index (χ2v) is 11.3. The molecule has 0 aromatic carbocycles. The van der Waals surface area contributed by atoms with Crippen LogP contribution in [-0.2, 0) is 4.79 Å². The minimum absolute atomic E-state index is 0.256. The monoisotopic (exact) mass is 424 g/mol. The van der Waals surface area contributed by atoms with E-state index in [1.807, 2.05) is 0 Å². The van der Waals surface area contributed by atoms with Crippen molar-refractivity contribution in [1.29, 1.82) is 0 Å². The molecule has 4 saturated carbocycles. The lowest BCUT2D eigenvalue weighted by atomic mass is 9.48. The molecule has 2 nitrogen and oxygen atoms in total. The van der Waals surface area contributed by atoms with Crippen LogP contribution in [0.25, 0.3) is 0 Å². The molecule has 4 aliphatic rings. The number of Topliss-reactive ketones (excluding diaryl/α,β-unsaturated/α-hetero) is 1. The average molecular weight is 425 g/mol. The fourth-order valence-corrected chi connectivity index (χ4v) is 8.45. The zero-order valence-corrected chi connectivity index (χ0v) is 18.4. The van der Waals surface area contributed by atoms with E-state index in [-0.39, 0.29) is 5.41 Å². The fraction of sp³-hybridized carbons (Fsp3) is 0.957. The number of carbonyl (C=O) groups excluding carboxylic acids is 1. The van der Waals surface area contributed by atoms with Gasteiger partial charge in [0.05, 0.1) is 10.9 Å². The van der Waals surface area contributed by atoms with E-state index in [0.29, 0.717) is 22.9 Å². The quantitative estimate of drug-likeness (QED) is 0.597. The van der Waals surface area contributed by atoms with Crippen molar-refractivity contribution < 1.29 is 9.90 Å². The molecule has 8 atom stereocenters. The molecule has 1 N–H and O–H groups in total. The van der Waals surface area contributed by atoms with Crippen molar-refractivity contribution >= 4 is 21.7 Å². The number of carbonyl (C=O) groups is 1. The minimum Gasteiger partial charge on any atom is -0.390 e. The molecule has 0 spiro atoms. The van der Waals surface area contributed by atoms with Gasteiger partial charge in [-0.15, -0.1) is 0 Å². The number of aliphatic hydroxyl groups is 1. The van der Waals surface area contributed by atoms with E-state index in [2.05, 4.69) is 36.7 Å². The molecule has 148 valence electrons. The van der Waals surface area contributed by atoms with Gasteiger partial charge in [-0.1, -0.05) is 36.7 Å². The summed E-state index contributed by atoms with van der Waals surface area (Å²) in [5, 5.41) is 11.6. The largest absolute Gasteiger partial charge is 0.390 e. The molecule has 0 bridgehead atoms. The van der Waals surface area contributed by atoms with Crippen LogP contribution in [0.4, 0.5) is 0 Å². The van der Waals surface area contributed by atoms with Crippen molar-refractivity contribution in [3.8, 4) is 0 Å². The Balaban J connectivity index is 1.52. The van der Waals surface area contributed by atoms with Crippen LogP contribution in [-0.4, -0.2) is 21.8 Å². The molecule has 4 aliphatic carbocycles. The van der Waals surface area contributed by atoms with Crippen molar-refractivity contribution in [3.05, 3.63) is 0 Å². The summed E-state index contributed by atoms with van der Waals surface area (Å²) in [6.45, 7) is 6.83. The summed E-state index contributed by atoms with van der Waals surface area (Å²) < 4.78 is 0. The Bertz CT molecular complexity index is 560. The van der Waals surface area contributed by atoms with Gasteiger partial charge in [0.15, 0.2) is 0 Å². The molecular formula is C23H37BrO2. The molecule has 0 saturated heterocycles. The van der Waals surface area contributed by atoms with Crippen LogP contribution in [0.2, 0.25) is 0 Å². The highest BCUT2D eigenvalue weighted by atomic mass is 79.9. The van der Waals surface area contributed by atoms with Crippen molar-refractivity contribution in [2.45, 2.75) is 84.2 Å². The minimum atomic E-state index is -0.419. The first-order chi connectivity index (χ1) is 12.3. The van der Waals surface area contributed by atoms with Crippen molar-refractivity contribution in [2.24, 2.45) is 46.8 Å². The highest BCUT2D eigenvalue weighted by molar-refractivity contribution is 9.09. The number of rotatable bonds is 3. The summed E-state index contributed by atoms with van der Waals surface area (Å²) in [6.07, 6.45) is 10.9. The lowest BCUT2D eigenvalue weighted by Gasteiger charge is -2.57. The maximum absolute atomic E-state index is 12.5. The number of fused-ring (bicyclic) bond motifs is 5. The van der Waals surface area contributed by atoms with E-state index in [1.165, 1.54) is 38.5 Å². The zero-order valence-electron chi connectivity index (χ0n) is 16.8. The SMILES string of the molecule is CC(C)C1(O)CCC2C(CCC3C2CCC2(C)C(C(=O)CBr)CCC32)C1. The van der Waals surface area contributed by atoms with Gasteiger partial charge in [0, 0.05) is 5.92 Å². The maximum atomic E-state index is 12.5. The molecule has 0 radical (unpaired) electrons. The Morgan fingerprint density at radius 2 is 1.77 bits per heavy atom. The summed E-state index contributed by atoms with van der Waals surface area (Å²) in [6, 6.07) is 0. The first-order valence-electron chi connectivity index (χ1n) is 11.1. The van der Waals surface area contributed by atoms with Gasteiger partial charge in [-0.25, -0.2) is 0 Å². The number of alkyl halides is 1. The number of hydrogen-bond acceptors (Lipinski definition) is 2. The van der Waals surface area contributed by atoms with Gasteiger partial charge in [0.2, 0.25) is 0 Å². The van der Waals surface area contributed by atoms with Gasteiger partial charge >= 0.3 is 0 Å². The highest BCUT2D eigenvalue weighted by Gasteiger charge is 2.58. The van der Waals surface area contributed by atoms with Gasteiger partial charge < -0.3 is 5.11 Å². The van der Waals surface area contributed by atoms with Crippen LogP contribution in [0.5, 0.6) is 0 Å². The Labute approximate surface area is 168 Å². The van der Waals surface area contributed by atoms with E-state index < -0.39 is 5.60 Å². The lowest BCUT2D eigenvalue weighted by Crippen LogP contribution is -2.52. The van der Waals surface area contributed by atoms with E-state index >= 15 is 0 Å². The first kappa shape index (κ1) is 19.4. The Morgan fingerprint density at radius 1 is 1.04 bits per heavy atom. The van der Waals surface area contributed by atoms with Crippen molar-refractivity contribution in [1.82, 2.24) is 0 Å². The lowest BCUT2D eigenvalue weighted by molar-refractivity contribution is -0.133. The Morgan fingerprint density at radius 3 is 2.46 bits per heavy atom. The van der Waals surface area contributed by atoms with Crippen LogP contribution in [0.3, 0.4) is 0 Å². The molecule has 0 aromatic rings. The highest BCUT2D eigenvalue weighted by Crippen LogP contribution is 2.65. The van der Waals surface area contributed by atoms with Crippen molar-refractivity contribution in [2.75, 3.05) is 5.33 Å². The van der Waals surface area contributed by atoms with E-state index in [9.17, 15) is 9.90 Å². The summed E-state index contributed by atoms with van der Waals surface area (Å²) in [7, 11) is 0. The van der Waals surface area contributed by atoms with Crippen LogP contribution in [0.15, 0.2) is 0 Å². The molecule has 26 heavy (non-hydrogen) atoms. The van der Waals surface area contributed by atoms with Gasteiger partial charge in [-0.2, -0.15) is 0 Å². The normalized spacial score (nSPS) is 50.8. The predicted molar refractivity (Wildman–Crippen MR) is 109 cm³/mol. The molecule has 0 amide bonds. The predicted octanol–water partition coefficient (Wildman–Crippen LogP) is 5.61. The molecule has 0 aromatic heterocycles. The molecule has 4 fully saturated rings. The molecular weight excluding hydrogens is 388 g/mol. The summed E-state index contributed by atoms with van der Waals surface area (Å²) in [5.74, 6) is 5.16. The van der Waals surface area contributed by atoms with Gasteiger partial charge in [-0.3, -0.25) is 4.79 Å². The van der Waals surface area contributed by atoms with Crippen LogP contribution in [0, 0.1) is 46.8 Å². The van der Waals surface area contributed by atoms with Crippen LogP contribution >= 0.6 is 15.9 Å². The molecule has 4 rings (SSSR count). The molecule has 8 unspecified atom stereocenters. The third-order valence-electron chi connectivity index (χ3n) is 9.64. The second kappa shape index (κ2) is 6.87. The van der Waals surface area contributed by atoms with E-state index in [1.54, 1.807) is 0 Å². The topological polar surface area (TPSA) is 37.3 Å². The third-order valence-corrected chi connectivity index (χ3v) is 10.2. The maximum Gasteiger partial charge on any atom is 0.147 e. The Kier molecular flexibility index (Phi) is 5.13. The summed E-state index contributed by atoms with van der Waals surface area (Å²) in [5.41, 5.74) is -0.163. The molecule has 3 heteroatoms. The average Bonchev–Trinajstić information content (AvgIpc) is 2.97. The zero-order chi connectivity index (χ0) is 18.7. The smallest absolute Gasteiger partial charge is 0.147 e. The Hall–Kier alpha value is 0.110. The van der Waals surface area contributed by atoms with Gasteiger partial charge in [0.1, 0.15) is 5.78 Å². The third kappa shape index (κ3) is 2.86. The number of hydrogen-bond donors (Lipinski definition) is 1. The standard InChI is InChI=1S/C23H37BrO2/c1-14(2)23(26)11-9-16-15(12-23)4-5-18-17(16)8-10-22(3)19(18)6-7-20(22)21(25)13-24/h14-20,26H,4-13H2,1-3H3. The summed E-state index contributed by atoms with van der Waals surface area (Å²) in [4.78, 5) is 12.5. The van der Waals surface area contributed by atoms with E-state index in [0.717, 1.165) is 48.9 Å². The fourth-order valence-electron chi connectivity index (χ4n) is 8.06. The number of ketones is 1. The summed E-state index contributed by atoms with van der Waals surface area (Å²) >= 11 is 3.43. The second-order valence-electron chi connectivity index (χ2n) is 10.7. The van der Waals surface area contributed by atoms with Gasteiger partial charge in [-0.05, 0) is 98.7 Å².